The van der Waals surface area contributed by atoms with Gasteiger partial charge in [-0.2, -0.15) is 5.10 Å². The number of thiazole rings is 1. The summed E-state index contributed by atoms with van der Waals surface area (Å²) in [6.45, 7) is 3.92. The Balaban J connectivity index is 1.79. The summed E-state index contributed by atoms with van der Waals surface area (Å²) < 4.78 is 0. The number of aromatic amines is 1. The van der Waals surface area contributed by atoms with Gasteiger partial charge in [-0.1, -0.05) is 0 Å². The molecule has 3 rings (SSSR count). The molecule has 0 aromatic carbocycles. The zero-order valence-corrected chi connectivity index (χ0v) is 14.0. The van der Waals surface area contributed by atoms with Gasteiger partial charge in [-0.15, -0.1) is 11.3 Å². The molecule has 3 aromatic heterocycles. The van der Waals surface area contributed by atoms with Crippen molar-refractivity contribution < 1.29 is 4.79 Å². The third kappa shape index (κ3) is 3.14. The maximum absolute atomic E-state index is 12.6. The van der Waals surface area contributed by atoms with E-state index in [2.05, 4.69) is 20.2 Å². The average Bonchev–Trinajstić information content (AvgIpc) is 3.23. The Kier molecular flexibility index (Phi) is 4.20. The lowest BCUT2D eigenvalue weighted by molar-refractivity contribution is 0.0736. The highest BCUT2D eigenvalue weighted by molar-refractivity contribution is 7.09. The van der Waals surface area contributed by atoms with Crippen LogP contribution in [0.2, 0.25) is 0 Å². The molecule has 0 bridgehead atoms. The van der Waals surface area contributed by atoms with Crippen molar-refractivity contribution in [1.82, 2.24) is 25.1 Å². The number of hydrogen-bond donors (Lipinski definition) is 1. The molecule has 0 unspecified atom stereocenters. The van der Waals surface area contributed by atoms with E-state index in [9.17, 15) is 4.79 Å². The van der Waals surface area contributed by atoms with Gasteiger partial charge in [-0.05, 0) is 32.0 Å². The molecule has 118 valence electrons. The SMILES string of the molecule is Cc1csc([C@H](C)N(C)C(=O)c2cc(-c3ccncc3)n[nH]2)n1. The summed E-state index contributed by atoms with van der Waals surface area (Å²) >= 11 is 1.56. The predicted octanol–water partition coefficient (Wildman–Crippen LogP) is 3.07. The standard InChI is InChI=1S/C16H17N5OS/c1-10-9-23-15(18-10)11(2)21(3)16(22)14-8-13(19-20-14)12-4-6-17-7-5-12/h4-9,11H,1-3H3,(H,19,20)/t11-/m0/s1. The van der Waals surface area contributed by atoms with Crippen LogP contribution in [0.1, 0.15) is 34.2 Å². The number of H-pyrrole nitrogens is 1. The molecule has 0 saturated carbocycles. The zero-order valence-electron chi connectivity index (χ0n) is 13.1. The first-order chi connectivity index (χ1) is 11.1. The molecule has 7 heteroatoms. The topological polar surface area (TPSA) is 74.8 Å². The maximum Gasteiger partial charge on any atom is 0.272 e. The first-order valence-corrected chi connectivity index (χ1v) is 8.09. The van der Waals surface area contributed by atoms with Crippen molar-refractivity contribution in [1.29, 1.82) is 0 Å². The van der Waals surface area contributed by atoms with Crippen LogP contribution in [-0.4, -0.2) is 38.0 Å². The van der Waals surface area contributed by atoms with Gasteiger partial charge in [0.15, 0.2) is 0 Å². The number of nitrogens with zero attached hydrogens (tertiary/aromatic N) is 4. The molecule has 0 fully saturated rings. The molecule has 0 spiro atoms. The van der Waals surface area contributed by atoms with E-state index in [0.717, 1.165) is 22.0 Å². The van der Waals surface area contributed by atoms with E-state index in [1.807, 2.05) is 31.4 Å². The summed E-state index contributed by atoms with van der Waals surface area (Å²) in [6, 6.07) is 5.38. The van der Waals surface area contributed by atoms with E-state index in [0.29, 0.717) is 5.69 Å². The molecule has 0 aliphatic heterocycles. The lowest BCUT2D eigenvalue weighted by atomic mass is 10.2. The van der Waals surface area contributed by atoms with Crippen LogP contribution < -0.4 is 0 Å². The minimum Gasteiger partial charge on any atom is -0.331 e. The van der Waals surface area contributed by atoms with Crippen LogP contribution in [0.4, 0.5) is 0 Å². The Morgan fingerprint density at radius 1 is 1.35 bits per heavy atom. The van der Waals surface area contributed by atoms with Crippen molar-refractivity contribution in [3.05, 3.63) is 52.4 Å². The summed E-state index contributed by atoms with van der Waals surface area (Å²) in [6.07, 6.45) is 3.40. The van der Waals surface area contributed by atoms with Crippen LogP contribution in [-0.2, 0) is 0 Å². The smallest absolute Gasteiger partial charge is 0.272 e. The van der Waals surface area contributed by atoms with Crippen LogP contribution in [0.25, 0.3) is 11.3 Å². The number of amides is 1. The average molecular weight is 327 g/mol. The summed E-state index contributed by atoms with van der Waals surface area (Å²) in [5.41, 5.74) is 3.07. The van der Waals surface area contributed by atoms with Crippen molar-refractivity contribution in [2.24, 2.45) is 0 Å². The van der Waals surface area contributed by atoms with Gasteiger partial charge in [0.1, 0.15) is 10.7 Å². The number of aromatic nitrogens is 4. The Hall–Kier alpha value is -2.54. The zero-order chi connectivity index (χ0) is 16.4. The van der Waals surface area contributed by atoms with Gasteiger partial charge in [0.05, 0.1) is 11.7 Å². The van der Waals surface area contributed by atoms with E-state index in [4.69, 9.17) is 0 Å². The Bertz CT molecular complexity index is 811. The van der Waals surface area contributed by atoms with Gasteiger partial charge in [-0.3, -0.25) is 14.9 Å². The Labute approximate surface area is 138 Å². The van der Waals surface area contributed by atoms with Gasteiger partial charge >= 0.3 is 0 Å². The van der Waals surface area contributed by atoms with E-state index < -0.39 is 0 Å². The summed E-state index contributed by atoms with van der Waals surface area (Å²) in [7, 11) is 1.77. The molecule has 1 amide bonds. The number of carbonyl (C=O) groups is 1. The number of hydrogen-bond acceptors (Lipinski definition) is 5. The first-order valence-electron chi connectivity index (χ1n) is 7.21. The van der Waals surface area contributed by atoms with Crippen LogP contribution in [0, 0.1) is 6.92 Å². The van der Waals surface area contributed by atoms with E-state index in [1.54, 1.807) is 41.7 Å². The summed E-state index contributed by atoms with van der Waals surface area (Å²) in [5.74, 6) is -0.113. The third-order valence-electron chi connectivity index (χ3n) is 3.68. The van der Waals surface area contributed by atoms with Gasteiger partial charge in [0.25, 0.3) is 5.91 Å². The summed E-state index contributed by atoms with van der Waals surface area (Å²) in [5, 5.41) is 9.94. The highest BCUT2D eigenvalue weighted by atomic mass is 32.1. The molecule has 0 saturated heterocycles. The predicted molar refractivity (Wildman–Crippen MR) is 89.2 cm³/mol. The van der Waals surface area contributed by atoms with Crippen molar-refractivity contribution >= 4 is 17.2 Å². The van der Waals surface area contributed by atoms with Crippen molar-refractivity contribution in [2.75, 3.05) is 7.05 Å². The quantitative estimate of drug-likeness (QED) is 0.799. The second-order valence-corrected chi connectivity index (χ2v) is 6.21. The molecule has 3 aromatic rings. The Morgan fingerprint density at radius 3 is 2.74 bits per heavy atom. The third-order valence-corrected chi connectivity index (χ3v) is 4.81. The van der Waals surface area contributed by atoms with Gasteiger partial charge in [0, 0.05) is 36.1 Å². The van der Waals surface area contributed by atoms with E-state index >= 15 is 0 Å². The monoisotopic (exact) mass is 327 g/mol. The van der Waals surface area contributed by atoms with Crippen molar-refractivity contribution in [3.8, 4) is 11.3 Å². The fraction of sp³-hybridized carbons (Fsp3) is 0.250. The first kappa shape index (κ1) is 15.4. The van der Waals surface area contributed by atoms with E-state index in [1.165, 1.54) is 0 Å². The number of aryl methyl sites for hydroxylation is 1. The summed E-state index contributed by atoms with van der Waals surface area (Å²) in [4.78, 5) is 22.7. The molecule has 1 N–H and O–H groups in total. The second-order valence-electron chi connectivity index (χ2n) is 5.32. The van der Waals surface area contributed by atoms with Crippen LogP contribution in [0.3, 0.4) is 0 Å². The number of carbonyl (C=O) groups excluding carboxylic acids is 1. The lowest BCUT2D eigenvalue weighted by Crippen LogP contribution is -2.29. The molecule has 0 aliphatic carbocycles. The lowest BCUT2D eigenvalue weighted by Gasteiger charge is -2.22. The number of rotatable bonds is 4. The van der Waals surface area contributed by atoms with Crippen LogP contribution >= 0.6 is 11.3 Å². The highest BCUT2D eigenvalue weighted by Gasteiger charge is 2.22. The van der Waals surface area contributed by atoms with Crippen LogP contribution in [0.5, 0.6) is 0 Å². The highest BCUT2D eigenvalue weighted by Crippen LogP contribution is 2.24. The molecule has 1 atom stereocenters. The number of nitrogens with one attached hydrogen (secondary N) is 1. The largest absolute Gasteiger partial charge is 0.331 e. The van der Waals surface area contributed by atoms with Crippen molar-refractivity contribution in [3.63, 3.8) is 0 Å². The Morgan fingerprint density at radius 2 is 2.09 bits per heavy atom. The molecule has 23 heavy (non-hydrogen) atoms. The molecule has 0 aliphatic rings. The molecule has 0 radical (unpaired) electrons. The van der Waals surface area contributed by atoms with E-state index in [-0.39, 0.29) is 11.9 Å². The minimum atomic E-state index is -0.113. The fourth-order valence-corrected chi connectivity index (χ4v) is 3.09. The maximum atomic E-state index is 12.6. The molecule has 3 heterocycles. The van der Waals surface area contributed by atoms with Gasteiger partial charge in [-0.25, -0.2) is 4.98 Å². The van der Waals surface area contributed by atoms with Gasteiger partial charge < -0.3 is 4.90 Å². The fourth-order valence-electron chi connectivity index (χ4n) is 2.20. The van der Waals surface area contributed by atoms with Crippen LogP contribution in [0.15, 0.2) is 36.0 Å². The normalized spacial score (nSPS) is 12.1. The molecular weight excluding hydrogens is 310 g/mol. The second kappa shape index (κ2) is 6.29. The van der Waals surface area contributed by atoms with Gasteiger partial charge in [0.2, 0.25) is 0 Å². The number of pyridine rings is 1. The molecular formula is C16H17N5OS. The minimum absolute atomic E-state index is 0.0890. The van der Waals surface area contributed by atoms with Crippen molar-refractivity contribution in [2.45, 2.75) is 19.9 Å². The molecule has 6 nitrogen and oxygen atoms in total.